The maximum atomic E-state index is 10.2. The third-order valence-electron chi connectivity index (χ3n) is 15.6. The number of nitrogens with one attached hydrogen (secondary N) is 1. The molecule has 1 aromatic heterocycles. The molecule has 0 amide bonds. The number of fused-ring (bicyclic) bond motifs is 7. The van der Waals surface area contributed by atoms with Gasteiger partial charge in [-0.25, -0.2) is 0 Å². The van der Waals surface area contributed by atoms with Crippen molar-refractivity contribution < 1.29 is 9.84 Å². The molecule has 1 aromatic carbocycles. The molecule has 0 radical (unpaired) electrons. The van der Waals surface area contributed by atoms with Gasteiger partial charge in [0.1, 0.15) is 0 Å². The number of thiophene rings is 1. The highest BCUT2D eigenvalue weighted by molar-refractivity contribution is 7.07. The van der Waals surface area contributed by atoms with Gasteiger partial charge in [-0.2, -0.15) is 11.3 Å². The Bertz CT molecular complexity index is 1480. The molecule has 46 heavy (non-hydrogen) atoms. The number of aliphatic hydroxyl groups is 1. The van der Waals surface area contributed by atoms with Crippen LogP contribution in [0.1, 0.15) is 122 Å². The summed E-state index contributed by atoms with van der Waals surface area (Å²) in [6.07, 6.45) is 13.6. The van der Waals surface area contributed by atoms with Crippen LogP contribution in [0.2, 0.25) is 0 Å². The first kappa shape index (κ1) is 32.8. The predicted octanol–water partition coefficient (Wildman–Crippen LogP) is 10.6. The average molecular weight is 642 g/mol. The Morgan fingerprint density at radius 1 is 0.957 bits per heavy atom. The molecule has 0 spiro atoms. The quantitative estimate of drug-likeness (QED) is 0.233. The van der Waals surface area contributed by atoms with E-state index in [-0.39, 0.29) is 11.0 Å². The lowest BCUT2D eigenvalue weighted by Crippen LogP contribution is -2.67. The van der Waals surface area contributed by atoms with Gasteiger partial charge in [-0.05, 0) is 149 Å². The second-order valence-electron chi connectivity index (χ2n) is 17.6. The molecule has 1 heterocycles. The Morgan fingerprint density at radius 3 is 2.39 bits per heavy atom. The van der Waals surface area contributed by atoms with Gasteiger partial charge in [0.25, 0.3) is 0 Å². The molecule has 10 atom stereocenters. The van der Waals surface area contributed by atoms with E-state index in [2.05, 4.69) is 88.5 Å². The highest BCUT2D eigenvalue weighted by atomic mass is 32.1. The highest BCUT2D eigenvalue weighted by Gasteiger charge is 2.70. The number of allylic oxidation sites excluding steroid dienone is 3. The van der Waals surface area contributed by atoms with E-state index in [9.17, 15) is 5.11 Å². The Labute approximate surface area is 283 Å². The van der Waals surface area contributed by atoms with Crippen LogP contribution in [0.15, 0.2) is 59.3 Å². The van der Waals surface area contributed by atoms with Crippen LogP contribution >= 0.6 is 11.3 Å². The molecule has 4 fully saturated rings. The van der Waals surface area contributed by atoms with E-state index < -0.39 is 6.29 Å². The zero-order valence-corrected chi connectivity index (χ0v) is 30.4. The van der Waals surface area contributed by atoms with Crippen LogP contribution in [0, 0.1) is 51.2 Å². The van der Waals surface area contributed by atoms with Gasteiger partial charge in [0.05, 0.1) is 0 Å². The van der Waals surface area contributed by atoms with Crippen LogP contribution in [0.25, 0.3) is 5.57 Å². The number of ether oxygens (including phenoxy) is 1. The molecule has 3 nitrogen and oxygen atoms in total. The number of benzene rings is 1. The summed E-state index contributed by atoms with van der Waals surface area (Å²) in [5, 5.41) is 19.0. The van der Waals surface area contributed by atoms with Crippen molar-refractivity contribution in [2.45, 2.75) is 118 Å². The van der Waals surface area contributed by atoms with Crippen LogP contribution in [0.3, 0.4) is 0 Å². The molecule has 250 valence electrons. The maximum absolute atomic E-state index is 10.2. The molecule has 4 saturated carbocycles. The van der Waals surface area contributed by atoms with Crippen molar-refractivity contribution >= 4 is 16.9 Å². The van der Waals surface area contributed by atoms with Gasteiger partial charge in [-0.15, -0.1) is 0 Å². The number of rotatable bonds is 7. The van der Waals surface area contributed by atoms with Crippen molar-refractivity contribution in [1.82, 2.24) is 5.32 Å². The number of aliphatic hydroxyl groups excluding tert-OH is 1. The number of hydrogen-bond acceptors (Lipinski definition) is 4. The normalized spacial score (nSPS) is 41.8. The van der Waals surface area contributed by atoms with E-state index in [4.69, 9.17) is 4.74 Å². The Hall–Kier alpha value is -1.72. The van der Waals surface area contributed by atoms with Gasteiger partial charge in [0.2, 0.25) is 0 Å². The monoisotopic (exact) mass is 641 g/mol. The van der Waals surface area contributed by atoms with E-state index in [1.54, 1.807) is 7.11 Å². The molecule has 5 aliphatic carbocycles. The summed E-state index contributed by atoms with van der Waals surface area (Å²) in [5.41, 5.74) is 7.83. The van der Waals surface area contributed by atoms with E-state index in [0.717, 1.165) is 23.9 Å². The molecule has 1 unspecified atom stereocenters. The summed E-state index contributed by atoms with van der Waals surface area (Å²) < 4.78 is 5.16. The summed E-state index contributed by atoms with van der Waals surface area (Å²) in [7, 11) is 1.55. The zero-order chi connectivity index (χ0) is 32.7. The van der Waals surface area contributed by atoms with Gasteiger partial charge >= 0.3 is 0 Å². The van der Waals surface area contributed by atoms with Crippen LogP contribution in [-0.2, 0) is 11.3 Å². The molecule has 0 saturated heterocycles. The lowest BCUT2D eigenvalue weighted by Gasteiger charge is -2.72. The SMILES string of the molecule is C=C(C)[C@@H]1CC[C@]2(NCc3ccsc3)CC[C@]3(C)[C@H](CC[C@@H]4[C@@]5(C)CC=C(c6ccc(C(O)OC)cc6)C(C)(C)[C@@H]5CC[C@]43C)[C@@H]12. The minimum Gasteiger partial charge on any atom is -0.364 e. The molecule has 5 aliphatic rings. The van der Waals surface area contributed by atoms with Gasteiger partial charge in [0.15, 0.2) is 6.29 Å². The minimum absolute atomic E-state index is 0.0945. The first-order valence-electron chi connectivity index (χ1n) is 18.2. The summed E-state index contributed by atoms with van der Waals surface area (Å²) in [6.45, 7) is 21.2. The number of hydrogen-bond donors (Lipinski definition) is 2. The van der Waals surface area contributed by atoms with Crippen molar-refractivity contribution in [3.63, 3.8) is 0 Å². The first-order valence-corrected chi connectivity index (χ1v) is 19.2. The smallest absolute Gasteiger partial charge is 0.180 e. The third kappa shape index (κ3) is 4.66. The van der Waals surface area contributed by atoms with Gasteiger partial charge in [-0.1, -0.05) is 77.1 Å². The summed E-state index contributed by atoms with van der Waals surface area (Å²) in [5.74, 6) is 3.49. The topological polar surface area (TPSA) is 41.5 Å². The molecule has 7 rings (SSSR count). The summed E-state index contributed by atoms with van der Waals surface area (Å²) in [6, 6.07) is 10.8. The van der Waals surface area contributed by atoms with E-state index in [1.165, 1.54) is 80.1 Å². The van der Waals surface area contributed by atoms with Crippen LogP contribution in [0.5, 0.6) is 0 Å². The molecule has 0 bridgehead atoms. The maximum Gasteiger partial charge on any atom is 0.180 e. The van der Waals surface area contributed by atoms with E-state index in [1.807, 2.05) is 23.5 Å². The molecular weight excluding hydrogens is 583 g/mol. The van der Waals surface area contributed by atoms with Crippen molar-refractivity contribution in [2.75, 3.05) is 7.11 Å². The molecule has 2 aromatic rings. The van der Waals surface area contributed by atoms with Crippen LogP contribution in [-0.4, -0.2) is 17.8 Å². The standard InChI is InChI=1S/C42H59NO2S/c1-27(2)31-15-21-42(43-25-28-18-24-46-26-28)23-22-40(6)33(36(31)42)13-14-35-39(5)19-16-32(29-9-11-30(12-10-29)37(44)45-8)38(3,4)34(39)17-20-41(35,40)7/h9-12,16,18,24,26,31,33-37,43-44H,1,13-15,17,19-23,25H2,2-8H3/t31-,33+,34-,35+,36+,37?,39-,40+,41+,42-/m0/s1. The number of methoxy groups -OCH3 is 1. The molecule has 2 N–H and O–H groups in total. The van der Waals surface area contributed by atoms with Crippen LogP contribution < -0.4 is 5.32 Å². The Kier molecular flexibility index (Phi) is 8.15. The fraction of sp³-hybridized carbons (Fsp3) is 0.667. The van der Waals surface area contributed by atoms with E-state index in [0.29, 0.717) is 34.0 Å². The Balaban J connectivity index is 1.20. The van der Waals surface area contributed by atoms with Crippen molar-refractivity contribution in [3.05, 3.63) is 76.0 Å². The van der Waals surface area contributed by atoms with Crippen molar-refractivity contribution in [1.29, 1.82) is 0 Å². The highest BCUT2D eigenvalue weighted by Crippen LogP contribution is 2.76. The summed E-state index contributed by atoms with van der Waals surface area (Å²) in [4.78, 5) is 0. The minimum atomic E-state index is -0.866. The molecule has 4 heteroatoms. The predicted molar refractivity (Wildman–Crippen MR) is 192 cm³/mol. The van der Waals surface area contributed by atoms with E-state index >= 15 is 0 Å². The average Bonchev–Trinajstić information content (AvgIpc) is 3.69. The van der Waals surface area contributed by atoms with Crippen molar-refractivity contribution in [2.24, 2.45) is 51.2 Å². The second-order valence-corrected chi connectivity index (χ2v) is 18.4. The van der Waals surface area contributed by atoms with Gasteiger partial charge in [-0.3, -0.25) is 0 Å². The summed E-state index contributed by atoms with van der Waals surface area (Å²) >= 11 is 1.82. The lowest BCUT2D eigenvalue weighted by atomic mass is 9.33. The van der Waals surface area contributed by atoms with Gasteiger partial charge in [0, 0.05) is 24.8 Å². The third-order valence-corrected chi connectivity index (χ3v) is 16.3. The zero-order valence-electron chi connectivity index (χ0n) is 29.6. The fourth-order valence-corrected chi connectivity index (χ4v) is 13.9. The molecule has 0 aliphatic heterocycles. The first-order chi connectivity index (χ1) is 21.8. The van der Waals surface area contributed by atoms with Crippen molar-refractivity contribution in [3.8, 4) is 0 Å². The largest absolute Gasteiger partial charge is 0.364 e. The second kappa shape index (κ2) is 11.4. The Morgan fingerprint density at radius 2 is 1.72 bits per heavy atom. The molecular formula is C42H59NO2S. The lowest BCUT2D eigenvalue weighted by molar-refractivity contribution is -0.219. The van der Waals surface area contributed by atoms with Gasteiger partial charge < -0.3 is 15.2 Å². The van der Waals surface area contributed by atoms with Crippen LogP contribution in [0.4, 0.5) is 0 Å². The fourth-order valence-electron chi connectivity index (χ4n) is 13.2.